The molecule has 0 bridgehead atoms. The smallest absolute Gasteiger partial charge is 0.125 e. The van der Waals surface area contributed by atoms with Crippen molar-refractivity contribution >= 4 is 0 Å². The lowest BCUT2D eigenvalue weighted by atomic mass is 9.75. The van der Waals surface area contributed by atoms with E-state index in [2.05, 4.69) is 0 Å². The Kier molecular flexibility index (Phi) is 2.70. The molecule has 1 N–H and O–H groups in total. The number of para-hydroxylation sites is 1. The highest BCUT2D eigenvalue weighted by Crippen LogP contribution is 2.44. The van der Waals surface area contributed by atoms with Gasteiger partial charge in [-0.25, -0.2) is 0 Å². The van der Waals surface area contributed by atoms with Crippen LogP contribution in [0.25, 0.3) is 0 Å². The molecule has 0 aromatic heterocycles. The van der Waals surface area contributed by atoms with E-state index < -0.39 is 5.60 Å². The van der Waals surface area contributed by atoms with Crippen LogP contribution in [0, 0.1) is 0 Å². The van der Waals surface area contributed by atoms with Crippen LogP contribution in [0.4, 0.5) is 0 Å². The highest BCUT2D eigenvalue weighted by atomic mass is 16.5. The Balaban J connectivity index is 2.29. The van der Waals surface area contributed by atoms with Crippen molar-refractivity contribution in [2.75, 3.05) is 0 Å². The predicted molar refractivity (Wildman–Crippen MR) is 60.0 cm³/mol. The Bertz CT molecular complexity index is 340. The first kappa shape index (κ1) is 10.5. The minimum atomic E-state index is -0.633. The van der Waals surface area contributed by atoms with Crippen LogP contribution in [0.5, 0.6) is 5.75 Å². The molecule has 0 aliphatic heterocycles. The summed E-state index contributed by atoms with van der Waals surface area (Å²) in [6.45, 7) is 4.00. The van der Waals surface area contributed by atoms with Gasteiger partial charge in [0, 0.05) is 5.56 Å². The summed E-state index contributed by atoms with van der Waals surface area (Å²) >= 11 is 0. The van der Waals surface area contributed by atoms with Gasteiger partial charge >= 0.3 is 0 Å². The summed E-state index contributed by atoms with van der Waals surface area (Å²) in [5.74, 6) is 0.828. The second-order valence-electron chi connectivity index (χ2n) is 4.55. The number of benzene rings is 1. The van der Waals surface area contributed by atoms with Crippen LogP contribution in [-0.4, -0.2) is 11.2 Å². The van der Waals surface area contributed by atoms with E-state index in [1.165, 1.54) is 0 Å². The maximum atomic E-state index is 10.3. The average molecular weight is 206 g/mol. The van der Waals surface area contributed by atoms with Crippen LogP contribution >= 0.6 is 0 Å². The van der Waals surface area contributed by atoms with Gasteiger partial charge < -0.3 is 9.84 Å². The molecule has 1 aromatic rings. The standard InChI is InChI=1S/C13H18O2/c1-10(2)15-12-7-4-3-6-11(12)13(14)8-5-9-13/h3-4,6-7,10,14H,5,8-9H2,1-2H3. The van der Waals surface area contributed by atoms with E-state index in [0.29, 0.717) is 0 Å². The molecular weight excluding hydrogens is 188 g/mol. The highest BCUT2D eigenvalue weighted by Gasteiger charge is 2.38. The van der Waals surface area contributed by atoms with Crippen LogP contribution in [0.2, 0.25) is 0 Å². The Morgan fingerprint density at radius 3 is 2.47 bits per heavy atom. The van der Waals surface area contributed by atoms with E-state index in [1.54, 1.807) is 0 Å². The number of aliphatic hydroxyl groups is 1. The third kappa shape index (κ3) is 2.00. The van der Waals surface area contributed by atoms with Gasteiger partial charge in [-0.3, -0.25) is 0 Å². The lowest BCUT2D eigenvalue weighted by Crippen LogP contribution is -2.34. The summed E-state index contributed by atoms with van der Waals surface area (Å²) in [6.07, 6.45) is 2.96. The molecule has 82 valence electrons. The van der Waals surface area contributed by atoms with Crippen molar-refractivity contribution in [3.05, 3.63) is 29.8 Å². The first-order chi connectivity index (χ1) is 7.12. The summed E-state index contributed by atoms with van der Waals surface area (Å²) in [6, 6.07) is 7.81. The molecule has 2 nitrogen and oxygen atoms in total. The first-order valence-electron chi connectivity index (χ1n) is 5.60. The van der Waals surface area contributed by atoms with Crippen LogP contribution in [0.15, 0.2) is 24.3 Å². The van der Waals surface area contributed by atoms with Crippen molar-refractivity contribution in [1.29, 1.82) is 0 Å². The fourth-order valence-electron chi connectivity index (χ4n) is 1.99. The van der Waals surface area contributed by atoms with Crippen LogP contribution in [0.3, 0.4) is 0 Å². The van der Waals surface area contributed by atoms with Gasteiger partial charge in [-0.1, -0.05) is 18.2 Å². The van der Waals surface area contributed by atoms with E-state index in [0.717, 1.165) is 30.6 Å². The van der Waals surface area contributed by atoms with Crippen LogP contribution < -0.4 is 4.74 Å². The van der Waals surface area contributed by atoms with Crippen molar-refractivity contribution in [2.24, 2.45) is 0 Å². The van der Waals surface area contributed by atoms with Crippen molar-refractivity contribution in [2.45, 2.75) is 44.8 Å². The van der Waals surface area contributed by atoms with Crippen molar-refractivity contribution in [3.8, 4) is 5.75 Å². The van der Waals surface area contributed by atoms with Gasteiger partial charge in [-0.15, -0.1) is 0 Å². The quantitative estimate of drug-likeness (QED) is 0.824. The van der Waals surface area contributed by atoms with E-state index >= 15 is 0 Å². The van der Waals surface area contributed by atoms with Crippen molar-refractivity contribution in [3.63, 3.8) is 0 Å². The Hall–Kier alpha value is -1.02. The van der Waals surface area contributed by atoms with Gasteiger partial charge in [0.05, 0.1) is 11.7 Å². The second-order valence-corrected chi connectivity index (χ2v) is 4.55. The fraction of sp³-hybridized carbons (Fsp3) is 0.538. The summed E-state index contributed by atoms with van der Waals surface area (Å²) < 4.78 is 5.71. The molecule has 0 unspecified atom stereocenters. The molecule has 0 heterocycles. The van der Waals surface area contributed by atoms with Crippen LogP contribution in [-0.2, 0) is 5.60 Å². The van der Waals surface area contributed by atoms with E-state index in [1.807, 2.05) is 38.1 Å². The number of hydrogen-bond acceptors (Lipinski definition) is 2. The molecule has 2 rings (SSSR count). The second kappa shape index (κ2) is 3.86. The average Bonchev–Trinajstić information content (AvgIpc) is 2.14. The molecule has 0 saturated heterocycles. The summed E-state index contributed by atoms with van der Waals surface area (Å²) in [7, 11) is 0. The van der Waals surface area contributed by atoms with Gasteiger partial charge in [0.2, 0.25) is 0 Å². The lowest BCUT2D eigenvalue weighted by Gasteiger charge is -2.38. The van der Waals surface area contributed by atoms with E-state index in [9.17, 15) is 5.11 Å². The van der Waals surface area contributed by atoms with Gasteiger partial charge in [0.25, 0.3) is 0 Å². The molecule has 0 radical (unpaired) electrons. The molecule has 1 aromatic carbocycles. The first-order valence-corrected chi connectivity index (χ1v) is 5.60. The molecule has 2 heteroatoms. The van der Waals surface area contributed by atoms with Crippen molar-refractivity contribution in [1.82, 2.24) is 0 Å². The molecule has 0 spiro atoms. The van der Waals surface area contributed by atoms with Gasteiger partial charge in [-0.05, 0) is 39.2 Å². The Morgan fingerprint density at radius 2 is 1.93 bits per heavy atom. The van der Waals surface area contributed by atoms with Crippen molar-refractivity contribution < 1.29 is 9.84 Å². The molecule has 1 aliphatic carbocycles. The molecule has 1 fully saturated rings. The summed E-state index contributed by atoms with van der Waals surface area (Å²) in [5, 5.41) is 10.3. The predicted octanol–water partition coefficient (Wildman–Crippen LogP) is 2.85. The summed E-state index contributed by atoms with van der Waals surface area (Å²) in [5.41, 5.74) is 0.316. The SMILES string of the molecule is CC(C)Oc1ccccc1C1(O)CCC1. The largest absolute Gasteiger partial charge is 0.491 e. The fourth-order valence-corrected chi connectivity index (χ4v) is 1.99. The lowest BCUT2D eigenvalue weighted by molar-refractivity contribution is -0.0412. The third-order valence-electron chi connectivity index (χ3n) is 2.93. The van der Waals surface area contributed by atoms with Gasteiger partial charge in [-0.2, -0.15) is 0 Å². The molecule has 1 saturated carbocycles. The zero-order chi connectivity index (χ0) is 10.9. The maximum absolute atomic E-state index is 10.3. The van der Waals surface area contributed by atoms with E-state index in [-0.39, 0.29) is 6.10 Å². The minimum Gasteiger partial charge on any atom is -0.491 e. The van der Waals surface area contributed by atoms with E-state index in [4.69, 9.17) is 4.74 Å². The molecular formula is C13H18O2. The summed E-state index contributed by atoms with van der Waals surface area (Å²) in [4.78, 5) is 0. The Labute approximate surface area is 90.9 Å². The zero-order valence-corrected chi connectivity index (χ0v) is 9.36. The highest BCUT2D eigenvalue weighted by molar-refractivity contribution is 5.39. The Morgan fingerprint density at radius 1 is 1.27 bits per heavy atom. The topological polar surface area (TPSA) is 29.5 Å². The van der Waals surface area contributed by atoms with Crippen LogP contribution in [0.1, 0.15) is 38.7 Å². The van der Waals surface area contributed by atoms with Gasteiger partial charge in [0.1, 0.15) is 5.75 Å². The molecule has 15 heavy (non-hydrogen) atoms. The van der Waals surface area contributed by atoms with Gasteiger partial charge in [0.15, 0.2) is 0 Å². The normalized spacial score (nSPS) is 18.7. The zero-order valence-electron chi connectivity index (χ0n) is 9.36. The molecule has 0 amide bonds. The maximum Gasteiger partial charge on any atom is 0.125 e. The number of ether oxygens (including phenoxy) is 1. The number of rotatable bonds is 3. The number of hydrogen-bond donors (Lipinski definition) is 1. The molecule has 1 aliphatic rings. The third-order valence-corrected chi connectivity index (χ3v) is 2.93. The monoisotopic (exact) mass is 206 g/mol. The minimum absolute atomic E-state index is 0.148. The molecule has 0 atom stereocenters.